The van der Waals surface area contributed by atoms with Gasteiger partial charge in [-0.25, -0.2) is 0 Å². The SMILES string of the molecule is CCCN1CCC(N(CCC(=O)O)C(C)(C)C)CC1. The van der Waals surface area contributed by atoms with Crippen LogP contribution < -0.4 is 0 Å². The van der Waals surface area contributed by atoms with Gasteiger partial charge in [-0.2, -0.15) is 0 Å². The maximum Gasteiger partial charge on any atom is 0.304 e. The lowest BCUT2D eigenvalue weighted by molar-refractivity contribution is -0.137. The van der Waals surface area contributed by atoms with Crippen molar-refractivity contribution in [1.29, 1.82) is 0 Å². The molecule has 1 rings (SSSR count). The highest BCUT2D eigenvalue weighted by atomic mass is 16.4. The summed E-state index contributed by atoms with van der Waals surface area (Å²) in [6.45, 7) is 12.9. The zero-order valence-corrected chi connectivity index (χ0v) is 13.0. The Kier molecular flexibility index (Phi) is 6.27. The first kappa shape index (κ1) is 16.4. The van der Waals surface area contributed by atoms with Crippen molar-refractivity contribution in [2.75, 3.05) is 26.2 Å². The molecule has 1 heterocycles. The molecular weight excluding hydrogens is 240 g/mol. The lowest BCUT2D eigenvalue weighted by atomic mass is 9.95. The molecule has 0 radical (unpaired) electrons. The van der Waals surface area contributed by atoms with Crippen molar-refractivity contribution in [3.05, 3.63) is 0 Å². The van der Waals surface area contributed by atoms with Crippen LogP contribution in [-0.4, -0.2) is 58.6 Å². The molecule has 19 heavy (non-hydrogen) atoms. The highest BCUT2D eigenvalue weighted by Gasteiger charge is 2.31. The van der Waals surface area contributed by atoms with Gasteiger partial charge in [0.05, 0.1) is 6.42 Å². The Balaban J connectivity index is 2.55. The standard InChI is InChI=1S/C15H30N2O2/c1-5-9-16-10-6-13(7-11-16)17(15(2,3)4)12-8-14(18)19/h13H,5-12H2,1-4H3,(H,18,19). The van der Waals surface area contributed by atoms with E-state index in [1.54, 1.807) is 0 Å². The van der Waals surface area contributed by atoms with E-state index in [2.05, 4.69) is 37.5 Å². The second-order valence-electron chi connectivity index (χ2n) is 6.58. The third-order valence-electron chi connectivity index (χ3n) is 3.97. The Morgan fingerprint density at radius 3 is 2.32 bits per heavy atom. The van der Waals surface area contributed by atoms with Gasteiger partial charge in [-0.05, 0) is 59.7 Å². The molecule has 0 saturated carbocycles. The van der Waals surface area contributed by atoms with Gasteiger partial charge in [0.15, 0.2) is 0 Å². The first-order valence-corrected chi connectivity index (χ1v) is 7.55. The number of hydrogen-bond acceptors (Lipinski definition) is 3. The summed E-state index contributed by atoms with van der Waals surface area (Å²) >= 11 is 0. The third kappa shape index (κ3) is 5.49. The molecule has 0 aromatic carbocycles. The van der Waals surface area contributed by atoms with Gasteiger partial charge in [0.1, 0.15) is 0 Å². The number of carbonyl (C=O) groups is 1. The molecule has 1 N–H and O–H groups in total. The molecule has 0 bridgehead atoms. The van der Waals surface area contributed by atoms with Gasteiger partial charge in [-0.3, -0.25) is 9.69 Å². The Morgan fingerprint density at radius 2 is 1.89 bits per heavy atom. The summed E-state index contributed by atoms with van der Waals surface area (Å²) in [6.07, 6.45) is 3.78. The number of likely N-dealkylation sites (tertiary alicyclic amines) is 1. The van der Waals surface area contributed by atoms with E-state index in [1.807, 2.05) is 0 Å². The van der Waals surface area contributed by atoms with E-state index in [0.717, 1.165) is 25.9 Å². The number of aliphatic carboxylic acids is 1. The number of rotatable bonds is 6. The lowest BCUT2D eigenvalue weighted by Gasteiger charge is -2.45. The van der Waals surface area contributed by atoms with Crippen molar-refractivity contribution < 1.29 is 9.90 Å². The molecule has 0 unspecified atom stereocenters. The van der Waals surface area contributed by atoms with E-state index < -0.39 is 5.97 Å². The van der Waals surface area contributed by atoms with Gasteiger partial charge in [0.25, 0.3) is 0 Å². The average Bonchev–Trinajstić information content (AvgIpc) is 2.29. The minimum absolute atomic E-state index is 0.0487. The highest BCUT2D eigenvalue weighted by Crippen LogP contribution is 2.24. The predicted molar refractivity (Wildman–Crippen MR) is 78.5 cm³/mol. The molecule has 0 spiro atoms. The minimum Gasteiger partial charge on any atom is -0.481 e. The van der Waals surface area contributed by atoms with Crippen LogP contribution in [0.2, 0.25) is 0 Å². The van der Waals surface area contributed by atoms with Crippen LogP contribution in [0.25, 0.3) is 0 Å². The van der Waals surface area contributed by atoms with E-state index in [9.17, 15) is 4.79 Å². The normalized spacial score (nSPS) is 19.0. The van der Waals surface area contributed by atoms with Gasteiger partial charge in [0.2, 0.25) is 0 Å². The summed E-state index contributed by atoms with van der Waals surface area (Å²) in [7, 11) is 0. The molecular formula is C15H30N2O2. The summed E-state index contributed by atoms with van der Waals surface area (Å²) in [5.41, 5.74) is 0.0487. The summed E-state index contributed by atoms with van der Waals surface area (Å²) in [6, 6.07) is 0.535. The van der Waals surface area contributed by atoms with Crippen molar-refractivity contribution in [1.82, 2.24) is 9.80 Å². The van der Waals surface area contributed by atoms with Crippen LogP contribution in [0.1, 0.15) is 53.4 Å². The van der Waals surface area contributed by atoms with Crippen molar-refractivity contribution in [3.8, 4) is 0 Å². The molecule has 1 saturated heterocycles. The van der Waals surface area contributed by atoms with Crippen LogP contribution in [-0.2, 0) is 4.79 Å². The Bertz CT molecular complexity index is 278. The van der Waals surface area contributed by atoms with Gasteiger partial charge in [-0.15, -0.1) is 0 Å². The van der Waals surface area contributed by atoms with Crippen molar-refractivity contribution >= 4 is 5.97 Å². The number of carboxylic acids is 1. The van der Waals surface area contributed by atoms with Crippen LogP contribution in [0.4, 0.5) is 0 Å². The molecule has 0 aromatic heterocycles. The Hall–Kier alpha value is -0.610. The second-order valence-corrected chi connectivity index (χ2v) is 6.58. The fraction of sp³-hybridized carbons (Fsp3) is 0.933. The van der Waals surface area contributed by atoms with Gasteiger partial charge < -0.3 is 10.0 Å². The van der Waals surface area contributed by atoms with Gasteiger partial charge in [-0.1, -0.05) is 6.92 Å². The maximum absolute atomic E-state index is 10.8. The van der Waals surface area contributed by atoms with Crippen LogP contribution in [0, 0.1) is 0 Å². The topological polar surface area (TPSA) is 43.8 Å². The molecule has 4 nitrogen and oxygen atoms in total. The maximum atomic E-state index is 10.8. The largest absolute Gasteiger partial charge is 0.481 e. The highest BCUT2D eigenvalue weighted by molar-refractivity contribution is 5.66. The summed E-state index contributed by atoms with van der Waals surface area (Å²) < 4.78 is 0. The Morgan fingerprint density at radius 1 is 1.32 bits per heavy atom. The number of piperidine rings is 1. The zero-order chi connectivity index (χ0) is 14.5. The quantitative estimate of drug-likeness (QED) is 0.805. The average molecular weight is 270 g/mol. The minimum atomic E-state index is -0.697. The van der Waals surface area contributed by atoms with E-state index >= 15 is 0 Å². The van der Waals surface area contributed by atoms with Gasteiger partial charge >= 0.3 is 5.97 Å². The second kappa shape index (κ2) is 7.25. The van der Waals surface area contributed by atoms with Crippen LogP contribution in [0.15, 0.2) is 0 Å². The molecule has 1 aliphatic heterocycles. The molecule has 1 fully saturated rings. The first-order valence-electron chi connectivity index (χ1n) is 7.55. The van der Waals surface area contributed by atoms with Crippen LogP contribution in [0.3, 0.4) is 0 Å². The van der Waals surface area contributed by atoms with Crippen molar-refractivity contribution in [2.45, 2.75) is 65.0 Å². The smallest absolute Gasteiger partial charge is 0.304 e. The monoisotopic (exact) mass is 270 g/mol. The van der Waals surface area contributed by atoms with E-state index in [4.69, 9.17) is 5.11 Å². The molecule has 112 valence electrons. The molecule has 4 heteroatoms. The lowest BCUT2D eigenvalue weighted by Crippen LogP contribution is -2.53. The molecule has 0 aromatic rings. The number of carboxylic acid groups (broad SMARTS) is 1. The zero-order valence-electron chi connectivity index (χ0n) is 13.0. The van der Waals surface area contributed by atoms with Crippen molar-refractivity contribution in [3.63, 3.8) is 0 Å². The molecule has 0 amide bonds. The molecule has 0 atom stereocenters. The fourth-order valence-electron chi connectivity index (χ4n) is 3.05. The number of nitrogens with zero attached hydrogens (tertiary/aromatic N) is 2. The molecule has 1 aliphatic rings. The van der Waals surface area contributed by atoms with Crippen molar-refractivity contribution in [2.24, 2.45) is 0 Å². The van der Waals surface area contributed by atoms with Crippen LogP contribution in [0.5, 0.6) is 0 Å². The predicted octanol–water partition coefficient (Wildman–Crippen LogP) is 2.44. The fourth-order valence-corrected chi connectivity index (χ4v) is 3.05. The van der Waals surface area contributed by atoms with Gasteiger partial charge in [0, 0.05) is 18.1 Å². The summed E-state index contributed by atoms with van der Waals surface area (Å²) in [4.78, 5) is 15.7. The third-order valence-corrected chi connectivity index (χ3v) is 3.97. The Labute approximate surface area is 117 Å². The van der Waals surface area contributed by atoms with E-state index in [1.165, 1.54) is 13.0 Å². The van der Waals surface area contributed by atoms with E-state index in [-0.39, 0.29) is 12.0 Å². The number of hydrogen-bond donors (Lipinski definition) is 1. The molecule has 0 aliphatic carbocycles. The summed E-state index contributed by atoms with van der Waals surface area (Å²) in [5, 5.41) is 8.90. The van der Waals surface area contributed by atoms with Crippen LogP contribution >= 0.6 is 0 Å². The first-order chi connectivity index (χ1) is 8.84. The summed E-state index contributed by atoms with van der Waals surface area (Å²) in [5.74, 6) is -0.697. The van der Waals surface area contributed by atoms with E-state index in [0.29, 0.717) is 12.6 Å².